The van der Waals surface area contributed by atoms with Crippen molar-refractivity contribution in [1.29, 1.82) is 0 Å². The number of ether oxygens (including phenoxy) is 6. The highest BCUT2D eigenvalue weighted by atomic mass is 33.1. The predicted molar refractivity (Wildman–Crippen MR) is 183 cm³/mol. The number of hydrogen-bond donors (Lipinski definition) is 2. The smallest absolute Gasteiger partial charge is 0.245 e. The monoisotopic (exact) mass is 668 g/mol. The number of methoxy groups -OCH3 is 2. The van der Waals surface area contributed by atoms with E-state index < -0.39 is 0 Å². The minimum Gasteiger partial charge on any atom is -0.382 e. The summed E-state index contributed by atoms with van der Waals surface area (Å²) < 4.78 is 31.0. The summed E-state index contributed by atoms with van der Waals surface area (Å²) in [6.45, 7) is 5.70. The van der Waals surface area contributed by atoms with Crippen molar-refractivity contribution >= 4 is 33.4 Å². The summed E-state index contributed by atoms with van der Waals surface area (Å²) in [5.41, 5.74) is 0. The third-order valence-electron chi connectivity index (χ3n) is 6.61. The van der Waals surface area contributed by atoms with Gasteiger partial charge in [0.05, 0.1) is 52.9 Å². The normalized spacial score (nSPS) is 11.2. The maximum Gasteiger partial charge on any atom is 0.245 e. The van der Waals surface area contributed by atoms with E-state index in [4.69, 9.17) is 28.4 Å². The van der Waals surface area contributed by atoms with Crippen LogP contribution in [0.2, 0.25) is 0 Å². The summed E-state index contributed by atoms with van der Waals surface area (Å²) in [6, 6.07) is 0. The number of hydrogen-bond acceptors (Lipinski definition) is 10. The van der Waals surface area contributed by atoms with Gasteiger partial charge in [-0.1, -0.05) is 85.8 Å². The first-order valence-electron chi connectivity index (χ1n) is 16.8. The first kappa shape index (κ1) is 43.4. The van der Waals surface area contributed by atoms with Gasteiger partial charge in [-0.3, -0.25) is 9.59 Å². The van der Waals surface area contributed by atoms with Gasteiger partial charge in [-0.05, 0) is 25.7 Å². The first-order chi connectivity index (χ1) is 21.7. The molecule has 0 saturated carbocycles. The molecule has 0 aliphatic heterocycles. The van der Waals surface area contributed by atoms with Crippen LogP contribution in [0, 0.1) is 0 Å². The average Bonchev–Trinajstić information content (AvgIpc) is 3.02. The van der Waals surface area contributed by atoms with Gasteiger partial charge in [-0.25, -0.2) is 0 Å². The summed E-state index contributed by atoms with van der Waals surface area (Å²) in [4.78, 5) is 23.5. The van der Waals surface area contributed by atoms with Gasteiger partial charge in [0.2, 0.25) is 11.8 Å². The molecule has 0 bridgehead atoms. The van der Waals surface area contributed by atoms with E-state index in [9.17, 15) is 9.59 Å². The van der Waals surface area contributed by atoms with Gasteiger partial charge in [0, 0.05) is 38.8 Å². The molecule has 0 fully saturated rings. The maximum absolute atomic E-state index is 11.7. The molecule has 0 radical (unpaired) electrons. The molecule has 0 saturated heterocycles. The lowest BCUT2D eigenvalue weighted by molar-refractivity contribution is -0.127. The molecule has 0 spiro atoms. The molecule has 44 heavy (non-hydrogen) atoms. The van der Waals surface area contributed by atoms with Crippen molar-refractivity contribution < 1.29 is 38.0 Å². The van der Waals surface area contributed by atoms with Crippen LogP contribution in [0.3, 0.4) is 0 Å². The Bertz CT molecular complexity index is 559. The van der Waals surface area contributed by atoms with Crippen LogP contribution < -0.4 is 10.6 Å². The number of nitrogens with one attached hydrogen (secondary N) is 2. The fraction of sp³-hybridized carbons (Fsp3) is 0.938. The Hall–Kier alpha value is -0.600. The molecular formula is C32H64N2O8S2. The molecule has 0 rings (SSSR count). The zero-order valence-corrected chi connectivity index (χ0v) is 29.5. The van der Waals surface area contributed by atoms with E-state index in [-0.39, 0.29) is 25.0 Å². The van der Waals surface area contributed by atoms with Crippen LogP contribution in [0.15, 0.2) is 0 Å². The summed E-state index contributed by atoms with van der Waals surface area (Å²) in [5, 5.41) is 5.83. The molecule has 10 nitrogen and oxygen atoms in total. The molecule has 262 valence electrons. The third-order valence-corrected chi connectivity index (χ3v) is 9.19. The van der Waals surface area contributed by atoms with Crippen molar-refractivity contribution in [1.82, 2.24) is 10.6 Å². The lowest BCUT2D eigenvalue weighted by atomic mass is 10.1. The number of carbonyl (C=O) groups excluding carboxylic acids is 2. The average molecular weight is 669 g/mol. The zero-order valence-electron chi connectivity index (χ0n) is 27.9. The van der Waals surface area contributed by atoms with E-state index in [0.29, 0.717) is 52.9 Å². The zero-order chi connectivity index (χ0) is 32.0. The second-order valence-electron chi connectivity index (χ2n) is 10.6. The van der Waals surface area contributed by atoms with Crippen molar-refractivity contribution in [3.8, 4) is 0 Å². The predicted octanol–water partition coefficient (Wildman–Crippen LogP) is 5.42. The van der Waals surface area contributed by atoms with E-state index in [1.54, 1.807) is 14.2 Å². The Balaban J connectivity index is 3.16. The highest BCUT2D eigenvalue weighted by Gasteiger charge is 2.02. The summed E-state index contributed by atoms with van der Waals surface area (Å²) >= 11 is 0. The van der Waals surface area contributed by atoms with E-state index >= 15 is 0 Å². The Morgan fingerprint density at radius 2 is 0.750 bits per heavy atom. The van der Waals surface area contributed by atoms with Gasteiger partial charge >= 0.3 is 0 Å². The van der Waals surface area contributed by atoms with Crippen LogP contribution in [0.5, 0.6) is 0 Å². The van der Waals surface area contributed by atoms with Crippen LogP contribution in [-0.2, 0) is 38.0 Å². The quantitative estimate of drug-likeness (QED) is 0.0657. The summed E-state index contributed by atoms with van der Waals surface area (Å²) in [6.07, 6.45) is 17.3. The largest absolute Gasteiger partial charge is 0.382 e. The van der Waals surface area contributed by atoms with Crippen LogP contribution in [-0.4, -0.2) is 117 Å². The Morgan fingerprint density at radius 3 is 1.14 bits per heavy atom. The first-order valence-corrected chi connectivity index (χ1v) is 19.3. The molecular weight excluding hydrogens is 604 g/mol. The Kier molecular flexibility index (Phi) is 38.1. The standard InChI is InChI=1S/C32H64N2O8S2/c1-37-19-21-39-23-25-41-29-31(35)33-17-13-9-5-3-7-11-15-27-43-44-28-16-12-8-4-6-10-14-18-34-32(36)30-42-26-24-40-22-20-38-2/h3-30H2,1-2H3,(H,33,35)(H,34,36). The second-order valence-corrected chi connectivity index (χ2v) is 13.3. The fourth-order valence-electron chi connectivity index (χ4n) is 4.07. The molecule has 0 aromatic carbocycles. The van der Waals surface area contributed by atoms with Gasteiger partial charge in [0.1, 0.15) is 13.2 Å². The topological polar surface area (TPSA) is 114 Å². The van der Waals surface area contributed by atoms with E-state index in [2.05, 4.69) is 10.6 Å². The van der Waals surface area contributed by atoms with E-state index in [0.717, 1.165) is 25.9 Å². The third kappa shape index (κ3) is 37.6. The summed E-state index contributed by atoms with van der Waals surface area (Å²) in [5.74, 6) is 2.40. The van der Waals surface area contributed by atoms with Crippen LogP contribution in [0.1, 0.15) is 89.9 Å². The molecule has 0 aromatic heterocycles. The molecule has 0 aliphatic rings. The van der Waals surface area contributed by atoms with Crippen LogP contribution in [0.4, 0.5) is 0 Å². The van der Waals surface area contributed by atoms with Crippen molar-refractivity contribution in [2.75, 3.05) is 105 Å². The Labute approximate surface area is 276 Å². The molecule has 2 N–H and O–H groups in total. The molecule has 0 aliphatic carbocycles. The fourth-order valence-corrected chi connectivity index (χ4v) is 6.36. The summed E-state index contributed by atoms with van der Waals surface area (Å²) in [7, 11) is 7.34. The molecule has 0 atom stereocenters. The van der Waals surface area contributed by atoms with Crippen molar-refractivity contribution in [2.24, 2.45) is 0 Å². The number of amides is 2. The molecule has 0 heterocycles. The number of unbranched alkanes of at least 4 members (excludes halogenated alkanes) is 12. The van der Waals surface area contributed by atoms with Gasteiger partial charge in [0.25, 0.3) is 0 Å². The molecule has 2 amide bonds. The number of carbonyl (C=O) groups is 2. The van der Waals surface area contributed by atoms with Gasteiger partial charge < -0.3 is 39.1 Å². The highest BCUT2D eigenvalue weighted by Crippen LogP contribution is 2.24. The maximum atomic E-state index is 11.7. The SMILES string of the molecule is COCCOCCOCC(=O)NCCCCCCCCCSSCCCCCCCCCNC(=O)COCCOCCOC. The van der Waals surface area contributed by atoms with Crippen molar-refractivity contribution in [3.05, 3.63) is 0 Å². The second kappa shape index (κ2) is 38.6. The highest BCUT2D eigenvalue weighted by molar-refractivity contribution is 8.76. The lowest BCUT2D eigenvalue weighted by Crippen LogP contribution is -2.29. The van der Waals surface area contributed by atoms with Crippen LogP contribution in [0.25, 0.3) is 0 Å². The van der Waals surface area contributed by atoms with Crippen LogP contribution >= 0.6 is 21.6 Å². The molecule has 0 aromatic rings. The minimum absolute atomic E-state index is 0.0527. The lowest BCUT2D eigenvalue weighted by Gasteiger charge is -2.07. The van der Waals surface area contributed by atoms with Gasteiger partial charge in [-0.15, -0.1) is 0 Å². The van der Waals surface area contributed by atoms with Crippen molar-refractivity contribution in [3.63, 3.8) is 0 Å². The van der Waals surface area contributed by atoms with E-state index in [1.807, 2.05) is 21.6 Å². The van der Waals surface area contributed by atoms with Gasteiger partial charge in [-0.2, -0.15) is 0 Å². The number of rotatable bonds is 37. The van der Waals surface area contributed by atoms with E-state index in [1.165, 1.54) is 88.6 Å². The minimum atomic E-state index is -0.0527. The van der Waals surface area contributed by atoms with Gasteiger partial charge in [0.15, 0.2) is 0 Å². The van der Waals surface area contributed by atoms with Crippen molar-refractivity contribution in [2.45, 2.75) is 89.9 Å². The molecule has 0 unspecified atom stereocenters. The Morgan fingerprint density at radius 1 is 0.432 bits per heavy atom. The molecule has 12 heteroatoms.